The molecule has 0 unspecified atom stereocenters. The van der Waals surface area contributed by atoms with Crippen molar-refractivity contribution in [1.29, 1.82) is 5.26 Å². The van der Waals surface area contributed by atoms with Crippen molar-refractivity contribution in [1.82, 2.24) is 9.88 Å². The average Bonchev–Trinajstić information content (AvgIpc) is 3.36. The molecular formula is C28H32BN3O5. The van der Waals surface area contributed by atoms with Crippen molar-refractivity contribution < 1.29 is 23.6 Å². The fraction of sp³-hybridized carbons (Fsp3) is 0.464. The van der Waals surface area contributed by atoms with Crippen LogP contribution < -0.4 is 5.46 Å². The Hall–Kier alpha value is -3.19. The Morgan fingerprint density at radius 2 is 1.86 bits per heavy atom. The summed E-state index contributed by atoms with van der Waals surface area (Å²) in [7, 11) is -0.499. The van der Waals surface area contributed by atoms with Crippen LogP contribution in [0.5, 0.6) is 0 Å². The topological polar surface area (TPSA) is 109 Å². The molecule has 9 heteroatoms. The summed E-state index contributed by atoms with van der Waals surface area (Å²) in [4.78, 5) is 18.3. The normalized spacial score (nSPS) is 19.8. The molecule has 192 valence electrons. The van der Waals surface area contributed by atoms with Gasteiger partial charge >= 0.3 is 13.1 Å². The van der Waals surface area contributed by atoms with E-state index in [-0.39, 0.29) is 5.92 Å². The summed E-state index contributed by atoms with van der Waals surface area (Å²) in [6.07, 6.45) is 1.27. The first-order valence-corrected chi connectivity index (χ1v) is 12.7. The molecule has 1 aromatic heterocycles. The summed E-state index contributed by atoms with van der Waals surface area (Å²) in [6, 6.07) is 11.9. The Morgan fingerprint density at radius 3 is 2.49 bits per heavy atom. The Balaban J connectivity index is 1.44. The number of piperidine rings is 1. The molecule has 8 nitrogen and oxygen atoms in total. The quantitative estimate of drug-likeness (QED) is 0.517. The van der Waals surface area contributed by atoms with Gasteiger partial charge in [-0.2, -0.15) is 5.26 Å². The van der Waals surface area contributed by atoms with Gasteiger partial charge in [0.15, 0.2) is 5.58 Å². The number of oxazole rings is 1. The van der Waals surface area contributed by atoms with Gasteiger partial charge in [0.25, 0.3) is 0 Å². The molecule has 0 amide bonds. The van der Waals surface area contributed by atoms with E-state index in [1.165, 1.54) is 0 Å². The van der Waals surface area contributed by atoms with E-state index in [1.54, 1.807) is 0 Å². The van der Waals surface area contributed by atoms with Crippen molar-refractivity contribution in [3.63, 3.8) is 0 Å². The number of nitriles is 1. The molecule has 3 heterocycles. The second kappa shape index (κ2) is 9.28. The van der Waals surface area contributed by atoms with Crippen molar-refractivity contribution in [3.8, 4) is 17.5 Å². The number of aromatic nitrogens is 1. The van der Waals surface area contributed by atoms with Crippen LogP contribution in [-0.4, -0.2) is 52.4 Å². The summed E-state index contributed by atoms with van der Waals surface area (Å²) < 4.78 is 18.7. The SMILES string of the molecule is Cc1c(B2OC(C)(C)C(C)(C)O2)cccc1-c1nc2cc(CN3CCC(C(=O)O)CC3)cc(C#N)c2o1. The molecule has 0 atom stereocenters. The second-order valence-corrected chi connectivity index (χ2v) is 11.1. The average molecular weight is 501 g/mol. The number of hydrogen-bond donors (Lipinski definition) is 1. The van der Waals surface area contributed by atoms with Crippen LogP contribution in [-0.2, 0) is 20.6 Å². The van der Waals surface area contributed by atoms with E-state index in [4.69, 9.17) is 18.7 Å². The Bertz CT molecular complexity index is 1380. The molecular weight excluding hydrogens is 469 g/mol. The van der Waals surface area contributed by atoms with E-state index >= 15 is 0 Å². The van der Waals surface area contributed by atoms with Crippen LogP contribution >= 0.6 is 0 Å². The zero-order chi connectivity index (χ0) is 26.5. The summed E-state index contributed by atoms with van der Waals surface area (Å²) >= 11 is 0. The van der Waals surface area contributed by atoms with Gasteiger partial charge in [-0.25, -0.2) is 4.98 Å². The number of benzene rings is 2. The first kappa shape index (κ1) is 25.5. The molecule has 0 radical (unpaired) electrons. The molecule has 0 aliphatic carbocycles. The number of carbonyl (C=O) groups is 1. The number of aliphatic carboxylic acids is 1. The van der Waals surface area contributed by atoms with Crippen molar-refractivity contribution in [2.45, 2.75) is 65.2 Å². The third kappa shape index (κ3) is 4.66. The molecule has 5 rings (SSSR count). The third-order valence-corrected chi connectivity index (χ3v) is 8.13. The van der Waals surface area contributed by atoms with E-state index in [1.807, 2.05) is 65.0 Å². The number of rotatable bonds is 5. The van der Waals surface area contributed by atoms with Crippen LogP contribution in [0.3, 0.4) is 0 Å². The Morgan fingerprint density at radius 1 is 1.19 bits per heavy atom. The second-order valence-electron chi connectivity index (χ2n) is 11.1. The van der Waals surface area contributed by atoms with Gasteiger partial charge in [0.05, 0.1) is 22.7 Å². The summed E-state index contributed by atoms with van der Waals surface area (Å²) in [5, 5.41) is 19.1. The fourth-order valence-corrected chi connectivity index (χ4v) is 5.09. The molecule has 2 saturated heterocycles. The number of carboxylic acid groups (broad SMARTS) is 1. The highest BCUT2D eigenvalue weighted by Gasteiger charge is 2.52. The predicted octanol–water partition coefficient (Wildman–Crippen LogP) is 4.27. The monoisotopic (exact) mass is 501 g/mol. The van der Waals surface area contributed by atoms with E-state index in [0.717, 1.165) is 22.2 Å². The van der Waals surface area contributed by atoms with Crippen molar-refractivity contribution in [2.24, 2.45) is 5.92 Å². The van der Waals surface area contributed by atoms with Gasteiger partial charge in [-0.15, -0.1) is 0 Å². The van der Waals surface area contributed by atoms with Crippen LogP contribution in [0.25, 0.3) is 22.6 Å². The lowest BCUT2D eigenvalue weighted by atomic mass is 9.75. The molecule has 0 spiro atoms. The smallest absolute Gasteiger partial charge is 0.481 e. The standard InChI is InChI=1S/C28H32BN3O5/c1-17-21(7-6-8-22(17)29-36-27(2,3)28(4,5)37-29)25-31-23-14-18(13-20(15-30)24(23)35-25)16-32-11-9-19(10-12-32)26(33)34/h6-8,13-14,19H,9-12,16H2,1-5H3,(H,33,34). The highest BCUT2D eigenvalue weighted by atomic mass is 16.7. The molecule has 2 aliphatic rings. The molecule has 37 heavy (non-hydrogen) atoms. The van der Waals surface area contributed by atoms with Crippen molar-refractivity contribution >= 4 is 29.7 Å². The summed E-state index contributed by atoms with van der Waals surface area (Å²) in [6.45, 7) is 12.2. The van der Waals surface area contributed by atoms with Gasteiger partial charge in [-0.1, -0.05) is 12.1 Å². The van der Waals surface area contributed by atoms with Gasteiger partial charge in [0.1, 0.15) is 11.6 Å². The lowest BCUT2D eigenvalue weighted by Crippen LogP contribution is -2.41. The molecule has 1 N–H and O–H groups in total. The minimum Gasteiger partial charge on any atom is -0.481 e. The highest BCUT2D eigenvalue weighted by molar-refractivity contribution is 6.62. The lowest BCUT2D eigenvalue weighted by molar-refractivity contribution is -0.143. The van der Waals surface area contributed by atoms with E-state index in [0.29, 0.717) is 55.0 Å². The van der Waals surface area contributed by atoms with Crippen molar-refractivity contribution in [2.75, 3.05) is 13.1 Å². The number of hydrogen-bond acceptors (Lipinski definition) is 7. The first-order chi connectivity index (χ1) is 17.5. The van der Waals surface area contributed by atoms with Crippen molar-refractivity contribution in [3.05, 3.63) is 47.0 Å². The maximum absolute atomic E-state index is 11.3. The number of likely N-dealkylation sites (tertiary alicyclic amines) is 1. The van der Waals surface area contributed by atoms with Gasteiger partial charge in [-0.3, -0.25) is 9.69 Å². The Labute approximate surface area is 217 Å². The molecule has 2 aromatic carbocycles. The minimum atomic E-state index is -0.721. The van der Waals surface area contributed by atoms with Crippen LogP contribution in [0, 0.1) is 24.2 Å². The van der Waals surface area contributed by atoms with Gasteiger partial charge in [0.2, 0.25) is 5.89 Å². The zero-order valence-corrected chi connectivity index (χ0v) is 22.0. The predicted molar refractivity (Wildman–Crippen MR) is 140 cm³/mol. The van der Waals surface area contributed by atoms with Crippen LogP contribution in [0.15, 0.2) is 34.7 Å². The summed E-state index contributed by atoms with van der Waals surface area (Å²) in [5.74, 6) is -0.551. The molecule has 0 saturated carbocycles. The lowest BCUT2D eigenvalue weighted by Gasteiger charge is -2.32. The first-order valence-electron chi connectivity index (χ1n) is 12.7. The highest BCUT2D eigenvalue weighted by Crippen LogP contribution is 2.37. The van der Waals surface area contributed by atoms with Gasteiger partial charge < -0.3 is 18.8 Å². The van der Waals surface area contributed by atoms with Crippen LogP contribution in [0.2, 0.25) is 0 Å². The van der Waals surface area contributed by atoms with E-state index in [9.17, 15) is 15.2 Å². The van der Waals surface area contributed by atoms with Gasteiger partial charge in [0, 0.05) is 12.1 Å². The maximum Gasteiger partial charge on any atom is 0.495 e. The van der Waals surface area contributed by atoms with Crippen LogP contribution in [0.1, 0.15) is 57.2 Å². The fourth-order valence-electron chi connectivity index (χ4n) is 5.09. The number of fused-ring (bicyclic) bond motifs is 1. The maximum atomic E-state index is 11.3. The zero-order valence-electron chi connectivity index (χ0n) is 22.0. The molecule has 3 aromatic rings. The molecule has 2 aliphatic heterocycles. The van der Waals surface area contributed by atoms with E-state index < -0.39 is 24.3 Å². The van der Waals surface area contributed by atoms with Crippen LogP contribution in [0.4, 0.5) is 0 Å². The van der Waals surface area contributed by atoms with Gasteiger partial charge in [-0.05, 0) is 95.3 Å². The minimum absolute atomic E-state index is 0.275. The summed E-state index contributed by atoms with van der Waals surface area (Å²) in [5.41, 5.74) is 4.29. The third-order valence-electron chi connectivity index (χ3n) is 8.13. The molecule has 2 fully saturated rings. The number of carboxylic acids is 1. The largest absolute Gasteiger partial charge is 0.495 e. The Kier molecular flexibility index (Phi) is 6.39. The molecule has 0 bridgehead atoms. The van der Waals surface area contributed by atoms with E-state index in [2.05, 4.69) is 11.0 Å². The number of nitrogens with zero attached hydrogens (tertiary/aromatic N) is 3.